The highest BCUT2D eigenvalue weighted by Crippen LogP contribution is 2.17. The fraction of sp³-hybridized carbons (Fsp3) is 0. The van der Waals surface area contributed by atoms with Crippen LogP contribution in [0.2, 0.25) is 0 Å². The summed E-state index contributed by atoms with van der Waals surface area (Å²) in [5, 5.41) is 2.71. The molecule has 0 unspecified atom stereocenters. The molecular formula is C17H13N3O2. The quantitative estimate of drug-likeness (QED) is 0.779. The van der Waals surface area contributed by atoms with Crippen LogP contribution in [-0.2, 0) is 0 Å². The number of para-hydroxylation sites is 1. The molecule has 0 spiro atoms. The Morgan fingerprint density at radius 1 is 1.00 bits per heavy atom. The third kappa shape index (κ3) is 2.93. The third-order valence-corrected chi connectivity index (χ3v) is 3.19. The summed E-state index contributed by atoms with van der Waals surface area (Å²) in [7, 11) is 0. The molecule has 5 nitrogen and oxygen atoms in total. The first-order valence-electron chi connectivity index (χ1n) is 6.73. The van der Waals surface area contributed by atoms with Gasteiger partial charge >= 0.3 is 0 Å². The average molecular weight is 291 g/mol. The molecule has 1 aromatic carbocycles. The zero-order valence-electron chi connectivity index (χ0n) is 11.6. The number of anilines is 1. The van der Waals surface area contributed by atoms with Crippen molar-refractivity contribution in [1.29, 1.82) is 0 Å². The highest BCUT2D eigenvalue weighted by atomic mass is 16.2. The zero-order valence-corrected chi connectivity index (χ0v) is 11.6. The van der Waals surface area contributed by atoms with Crippen molar-refractivity contribution in [3.05, 3.63) is 83.0 Å². The topological polar surface area (TPSA) is 74.8 Å². The molecule has 1 amide bonds. The van der Waals surface area contributed by atoms with E-state index in [1.54, 1.807) is 36.8 Å². The van der Waals surface area contributed by atoms with Crippen molar-refractivity contribution < 1.29 is 4.79 Å². The third-order valence-electron chi connectivity index (χ3n) is 3.19. The van der Waals surface area contributed by atoms with Gasteiger partial charge in [-0.2, -0.15) is 0 Å². The summed E-state index contributed by atoms with van der Waals surface area (Å²) < 4.78 is 0. The highest BCUT2D eigenvalue weighted by Gasteiger charge is 2.12. The summed E-state index contributed by atoms with van der Waals surface area (Å²) in [6, 6.07) is 14.2. The van der Waals surface area contributed by atoms with Gasteiger partial charge in [-0.1, -0.05) is 18.2 Å². The molecule has 22 heavy (non-hydrogen) atoms. The van der Waals surface area contributed by atoms with E-state index in [4.69, 9.17) is 0 Å². The van der Waals surface area contributed by atoms with Gasteiger partial charge in [-0.15, -0.1) is 0 Å². The maximum atomic E-state index is 12.3. The van der Waals surface area contributed by atoms with E-state index in [-0.39, 0.29) is 5.56 Å². The standard InChI is InChI=1S/C17H13N3O2/c21-16-15(17(22)20-14-4-2-1-3-5-14)10-13(11-19-16)12-6-8-18-9-7-12/h1-11H,(H,19,21)(H,20,22). The minimum Gasteiger partial charge on any atom is -0.328 e. The van der Waals surface area contributed by atoms with E-state index in [9.17, 15) is 9.59 Å². The van der Waals surface area contributed by atoms with Gasteiger partial charge in [-0.3, -0.25) is 14.6 Å². The van der Waals surface area contributed by atoms with Crippen LogP contribution in [-0.4, -0.2) is 15.9 Å². The Labute approximate surface area is 126 Å². The molecule has 0 aliphatic carbocycles. The predicted octanol–water partition coefficient (Wildman–Crippen LogP) is 2.69. The fourth-order valence-corrected chi connectivity index (χ4v) is 2.08. The van der Waals surface area contributed by atoms with Crippen LogP contribution in [0.15, 0.2) is 71.9 Å². The Hall–Kier alpha value is -3.21. The lowest BCUT2D eigenvalue weighted by atomic mass is 10.1. The Kier molecular flexibility index (Phi) is 3.78. The van der Waals surface area contributed by atoms with Crippen molar-refractivity contribution in [1.82, 2.24) is 9.97 Å². The van der Waals surface area contributed by atoms with Crippen molar-refractivity contribution in [2.45, 2.75) is 0 Å². The number of nitrogens with zero attached hydrogens (tertiary/aromatic N) is 1. The molecule has 5 heteroatoms. The van der Waals surface area contributed by atoms with Gasteiger partial charge in [0.25, 0.3) is 11.5 Å². The van der Waals surface area contributed by atoms with Gasteiger partial charge in [-0.25, -0.2) is 0 Å². The number of aromatic nitrogens is 2. The highest BCUT2D eigenvalue weighted by molar-refractivity contribution is 6.04. The largest absolute Gasteiger partial charge is 0.328 e. The molecule has 0 aliphatic rings. The number of pyridine rings is 2. The summed E-state index contributed by atoms with van der Waals surface area (Å²) >= 11 is 0. The molecule has 108 valence electrons. The van der Waals surface area contributed by atoms with Crippen LogP contribution in [0.1, 0.15) is 10.4 Å². The van der Waals surface area contributed by atoms with Gasteiger partial charge in [0.05, 0.1) is 0 Å². The molecule has 0 fully saturated rings. The number of aromatic amines is 1. The van der Waals surface area contributed by atoms with Crippen LogP contribution in [0.3, 0.4) is 0 Å². The van der Waals surface area contributed by atoms with Crippen LogP contribution < -0.4 is 10.9 Å². The van der Waals surface area contributed by atoms with Crippen molar-refractivity contribution >= 4 is 11.6 Å². The van der Waals surface area contributed by atoms with Crippen molar-refractivity contribution in [2.24, 2.45) is 0 Å². The second-order valence-corrected chi connectivity index (χ2v) is 4.69. The molecule has 0 bridgehead atoms. The molecule has 2 aromatic heterocycles. The van der Waals surface area contributed by atoms with Gasteiger partial charge in [0.1, 0.15) is 5.56 Å². The number of nitrogens with one attached hydrogen (secondary N) is 2. The Bertz CT molecular complexity index is 843. The normalized spacial score (nSPS) is 10.2. The molecule has 3 aromatic rings. The minimum absolute atomic E-state index is 0.0677. The van der Waals surface area contributed by atoms with Gasteiger partial charge in [0.15, 0.2) is 0 Å². The first-order chi connectivity index (χ1) is 10.7. The molecule has 0 radical (unpaired) electrons. The molecule has 0 saturated heterocycles. The van der Waals surface area contributed by atoms with Gasteiger partial charge < -0.3 is 10.3 Å². The van der Waals surface area contributed by atoms with Crippen LogP contribution in [0, 0.1) is 0 Å². The minimum atomic E-state index is -0.441. The van der Waals surface area contributed by atoms with Crippen molar-refractivity contribution in [3.63, 3.8) is 0 Å². The SMILES string of the molecule is O=C(Nc1ccccc1)c1cc(-c2ccncc2)c[nH]c1=O. The molecule has 3 rings (SSSR count). The van der Waals surface area contributed by atoms with Crippen LogP contribution in [0.25, 0.3) is 11.1 Å². The van der Waals surface area contributed by atoms with E-state index >= 15 is 0 Å². The van der Waals surface area contributed by atoms with E-state index in [0.717, 1.165) is 11.1 Å². The second kappa shape index (κ2) is 6.05. The number of hydrogen-bond donors (Lipinski definition) is 2. The van der Waals surface area contributed by atoms with Gasteiger partial charge in [0, 0.05) is 24.3 Å². The van der Waals surface area contributed by atoms with E-state index in [2.05, 4.69) is 15.3 Å². The van der Waals surface area contributed by atoms with Gasteiger partial charge in [0.2, 0.25) is 0 Å². The Morgan fingerprint density at radius 2 is 1.73 bits per heavy atom. The molecule has 2 heterocycles. The number of rotatable bonds is 3. The zero-order chi connectivity index (χ0) is 15.4. The first-order valence-corrected chi connectivity index (χ1v) is 6.73. The van der Waals surface area contributed by atoms with Crippen LogP contribution in [0.4, 0.5) is 5.69 Å². The van der Waals surface area contributed by atoms with Crippen LogP contribution >= 0.6 is 0 Å². The Morgan fingerprint density at radius 3 is 2.45 bits per heavy atom. The van der Waals surface area contributed by atoms with E-state index in [0.29, 0.717) is 5.69 Å². The number of benzene rings is 1. The summed E-state index contributed by atoms with van der Waals surface area (Å²) in [5.74, 6) is -0.441. The van der Waals surface area contributed by atoms with Gasteiger partial charge in [-0.05, 0) is 41.5 Å². The summed E-state index contributed by atoms with van der Waals surface area (Å²) in [4.78, 5) is 30.7. The first kappa shape index (κ1) is 13.8. The van der Waals surface area contributed by atoms with Crippen molar-refractivity contribution in [3.8, 4) is 11.1 Å². The van der Waals surface area contributed by atoms with Crippen molar-refractivity contribution in [2.75, 3.05) is 5.32 Å². The van der Waals surface area contributed by atoms with E-state index in [1.165, 1.54) is 0 Å². The maximum Gasteiger partial charge on any atom is 0.261 e. The second-order valence-electron chi connectivity index (χ2n) is 4.69. The molecular weight excluding hydrogens is 278 g/mol. The monoisotopic (exact) mass is 291 g/mol. The number of hydrogen-bond acceptors (Lipinski definition) is 3. The fourth-order valence-electron chi connectivity index (χ4n) is 2.08. The number of carbonyl (C=O) groups is 1. The number of amides is 1. The summed E-state index contributed by atoms with van der Waals surface area (Å²) in [6.07, 6.45) is 4.89. The van der Waals surface area contributed by atoms with E-state index < -0.39 is 11.5 Å². The lowest BCUT2D eigenvalue weighted by Crippen LogP contribution is -2.22. The maximum absolute atomic E-state index is 12.3. The lowest BCUT2D eigenvalue weighted by Gasteiger charge is -2.06. The number of H-pyrrole nitrogens is 1. The summed E-state index contributed by atoms with van der Waals surface area (Å²) in [6.45, 7) is 0. The molecule has 0 aliphatic heterocycles. The smallest absolute Gasteiger partial charge is 0.261 e. The molecule has 0 saturated carbocycles. The molecule has 0 atom stereocenters. The van der Waals surface area contributed by atoms with Crippen LogP contribution in [0.5, 0.6) is 0 Å². The average Bonchev–Trinajstić information content (AvgIpc) is 2.57. The van der Waals surface area contributed by atoms with E-state index in [1.807, 2.05) is 30.3 Å². The molecule has 2 N–H and O–H groups in total. The lowest BCUT2D eigenvalue weighted by molar-refractivity contribution is 0.102. The number of carbonyl (C=O) groups excluding carboxylic acids is 1. The summed E-state index contributed by atoms with van der Waals surface area (Å²) in [5.41, 5.74) is 1.91. The Balaban J connectivity index is 1.93. The predicted molar refractivity (Wildman–Crippen MR) is 84.7 cm³/mol.